The lowest BCUT2D eigenvalue weighted by Gasteiger charge is -2.47. The van der Waals surface area contributed by atoms with Crippen LogP contribution >= 0.6 is 0 Å². The molecule has 0 aromatic heterocycles. The monoisotopic (exact) mass is 351 g/mol. The highest BCUT2D eigenvalue weighted by Gasteiger charge is 2.54. The van der Waals surface area contributed by atoms with E-state index in [0.717, 1.165) is 18.6 Å². The normalized spacial score (nSPS) is 26.8. The molecule has 1 aliphatic carbocycles. The Kier molecular flexibility index (Phi) is 5.05. The van der Waals surface area contributed by atoms with Crippen LogP contribution in [0.15, 0.2) is 54.6 Å². The van der Waals surface area contributed by atoms with Crippen LogP contribution in [-0.2, 0) is 20.7 Å². The first-order valence-corrected chi connectivity index (χ1v) is 9.30. The summed E-state index contributed by atoms with van der Waals surface area (Å²) in [6, 6.07) is 18.7. The zero-order chi connectivity index (χ0) is 17.9. The number of amides is 1. The lowest BCUT2D eigenvalue weighted by molar-refractivity contribution is -0.129. The molecule has 4 rings (SSSR count). The van der Waals surface area contributed by atoms with Crippen molar-refractivity contribution in [1.82, 2.24) is 5.32 Å². The summed E-state index contributed by atoms with van der Waals surface area (Å²) in [5, 5.41) is 3.22. The van der Waals surface area contributed by atoms with Crippen molar-refractivity contribution in [2.24, 2.45) is 11.8 Å². The molecule has 2 aromatic carbocycles. The van der Waals surface area contributed by atoms with Gasteiger partial charge < -0.3 is 14.8 Å². The minimum absolute atomic E-state index is 0.0777. The summed E-state index contributed by atoms with van der Waals surface area (Å²) in [5.74, 6) is 0.797. The maximum Gasteiger partial charge on any atom is 0.224 e. The molecule has 4 nitrogen and oxygen atoms in total. The van der Waals surface area contributed by atoms with Gasteiger partial charge in [-0.1, -0.05) is 54.6 Å². The second-order valence-corrected chi connectivity index (χ2v) is 7.24. The Balaban J connectivity index is 1.36. The van der Waals surface area contributed by atoms with Gasteiger partial charge in [0.25, 0.3) is 0 Å². The largest absolute Gasteiger partial charge is 0.384 e. The van der Waals surface area contributed by atoms with Crippen LogP contribution in [0.25, 0.3) is 11.1 Å². The summed E-state index contributed by atoms with van der Waals surface area (Å²) < 4.78 is 11.1. The number of hydrogen-bond acceptors (Lipinski definition) is 3. The van der Waals surface area contributed by atoms with Gasteiger partial charge in [0.2, 0.25) is 5.91 Å². The molecule has 0 radical (unpaired) electrons. The first-order valence-electron chi connectivity index (χ1n) is 9.30. The fourth-order valence-corrected chi connectivity index (χ4v) is 4.30. The Hall–Kier alpha value is -2.17. The second-order valence-electron chi connectivity index (χ2n) is 7.24. The second kappa shape index (κ2) is 7.60. The summed E-state index contributed by atoms with van der Waals surface area (Å²) in [6.45, 7) is 1.43. The van der Waals surface area contributed by atoms with Crippen LogP contribution in [0.2, 0.25) is 0 Å². The van der Waals surface area contributed by atoms with Crippen molar-refractivity contribution in [3.05, 3.63) is 60.2 Å². The van der Waals surface area contributed by atoms with Gasteiger partial charge in [-0.25, -0.2) is 0 Å². The molecule has 0 bridgehead atoms. The number of rotatable bonds is 6. The summed E-state index contributed by atoms with van der Waals surface area (Å²) in [7, 11) is 1.70. The van der Waals surface area contributed by atoms with Gasteiger partial charge in [-0.15, -0.1) is 0 Å². The minimum atomic E-state index is 0.0777. The molecular formula is C22H25NO3. The molecular weight excluding hydrogens is 326 g/mol. The molecule has 4 atom stereocenters. The lowest BCUT2D eigenvalue weighted by atomic mass is 9.67. The third kappa shape index (κ3) is 3.39. The molecule has 1 heterocycles. The lowest BCUT2D eigenvalue weighted by Crippen LogP contribution is -2.62. The Labute approximate surface area is 154 Å². The average molecular weight is 351 g/mol. The zero-order valence-electron chi connectivity index (χ0n) is 15.1. The van der Waals surface area contributed by atoms with E-state index in [1.54, 1.807) is 7.11 Å². The number of fused-ring (bicyclic) bond motifs is 1. The van der Waals surface area contributed by atoms with E-state index >= 15 is 0 Å². The van der Waals surface area contributed by atoms with E-state index in [1.807, 2.05) is 30.3 Å². The molecule has 0 spiro atoms. The summed E-state index contributed by atoms with van der Waals surface area (Å²) in [6.07, 6.45) is 1.69. The van der Waals surface area contributed by atoms with Crippen molar-refractivity contribution < 1.29 is 14.3 Å². The fourth-order valence-electron chi connectivity index (χ4n) is 4.30. The van der Waals surface area contributed by atoms with Crippen LogP contribution in [0.5, 0.6) is 0 Å². The van der Waals surface area contributed by atoms with Crippen LogP contribution in [0.4, 0.5) is 0 Å². The number of carbonyl (C=O) groups excluding carboxylic acids is 1. The SMILES string of the molecule is COC[C@H]1[C@H](NC(=O)Cc2ccc(-c3ccccc3)cc2)[C@H]2CCO[C@H]21. The van der Waals surface area contributed by atoms with E-state index in [0.29, 0.717) is 18.9 Å². The Bertz CT molecular complexity index is 744. The van der Waals surface area contributed by atoms with Gasteiger partial charge >= 0.3 is 0 Å². The van der Waals surface area contributed by atoms with Crippen molar-refractivity contribution in [1.29, 1.82) is 0 Å². The van der Waals surface area contributed by atoms with E-state index in [4.69, 9.17) is 9.47 Å². The number of methoxy groups -OCH3 is 1. The zero-order valence-corrected chi connectivity index (χ0v) is 15.1. The van der Waals surface area contributed by atoms with Crippen molar-refractivity contribution in [3.63, 3.8) is 0 Å². The number of carbonyl (C=O) groups is 1. The highest BCUT2D eigenvalue weighted by Crippen LogP contribution is 2.43. The molecule has 4 heteroatoms. The molecule has 136 valence electrons. The van der Waals surface area contributed by atoms with Crippen molar-refractivity contribution in [2.75, 3.05) is 20.3 Å². The van der Waals surface area contributed by atoms with E-state index in [1.165, 1.54) is 11.1 Å². The number of nitrogens with one attached hydrogen (secondary N) is 1. The van der Waals surface area contributed by atoms with Crippen molar-refractivity contribution in [3.8, 4) is 11.1 Å². The molecule has 0 unspecified atom stereocenters. The molecule has 2 fully saturated rings. The number of hydrogen-bond donors (Lipinski definition) is 1. The van der Waals surface area contributed by atoms with Gasteiger partial charge in [0.15, 0.2) is 0 Å². The molecule has 1 saturated carbocycles. The maximum atomic E-state index is 12.5. The molecule has 1 aliphatic heterocycles. The predicted molar refractivity (Wildman–Crippen MR) is 101 cm³/mol. The topological polar surface area (TPSA) is 47.6 Å². The van der Waals surface area contributed by atoms with E-state index in [2.05, 4.69) is 29.6 Å². The standard InChI is InChI=1S/C22H25NO3/c1-25-14-19-21(18-11-12-26-22(18)19)23-20(24)13-15-7-9-17(10-8-15)16-5-3-2-4-6-16/h2-10,18-19,21-22H,11-14H2,1H3,(H,23,24)/t18-,19+,21-,22-/m1/s1. The molecule has 1 saturated heterocycles. The molecule has 1 N–H and O–H groups in total. The maximum absolute atomic E-state index is 12.5. The Morgan fingerprint density at radius 2 is 1.85 bits per heavy atom. The average Bonchev–Trinajstić information content (AvgIpc) is 3.10. The van der Waals surface area contributed by atoms with Crippen LogP contribution in [0.3, 0.4) is 0 Å². The highest BCUT2D eigenvalue weighted by atomic mass is 16.5. The van der Waals surface area contributed by atoms with Crippen molar-refractivity contribution in [2.45, 2.75) is 25.0 Å². The van der Waals surface area contributed by atoms with E-state index in [-0.39, 0.29) is 24.0 Å². The predicted octanol–water partition coefficient (Wildman–Crippen LogP) is 3.06. The smallest absolute Gasteiger partial charge is 0.224 e. The van der Waals surface area contributed by atoms with Gasteiger partial charge in [-0.05, 0) is 23.1 Å². The first kappa shape index (κ1) is 17.3. The summed E-state index contributed by atoms with van der Waals surface area (Å²) >= 11 is 0. The molecule has 26 heavy (non-hydrogen) atoms. The van der Waals surface area contributed by atoms with Gasteiger partial charge in [0.05, 0.1) is 19.1 Å². The van der Waals surface area contributed by atoms with Gasteiger partial charge in [0, 0.05) is 31.6 Å². The highest BCUT2D eigenvalue weighted by molar-refractivity contribution is 5.79. The van der Waals surface area contributed by atoms with Crippen LogP contribution in [0, 0.1) is 11.8 Å². The van der Waals surface area contributed by atoms with Gasteiger partial charge in [-0.3, -0.25) is 4.79 Å². The number of benzene rings is 2. The third-order valence-corrected chi connectivity index (χ3v) is 5.64. The van der Waals surface area contributed by atoms with Crippen LogP contribution in [-0.4, -0.2) is 38.4 Å². The Morgan fingerprint density at radius 1 is 1.12 bits per heavy atom. The first-order chi connectivity index (χ1) is 12.8. The van der Waals surface area contributed by atoms with E-state index in [9.17, 15) is 4.79 Å². The molecule has 2 aliphatic rings. The van der Waals surface area contributed by atoms with Crippen LogP contribution < -0.4 is 5.32 Å². The fraction of sp³-hybridized carbons (Fsp3) is 0.409. The molecule has 1 amide bonds. The third-order valence-electron chi connectivity index (χ3n) is 5.64. The molecule has 2 aromatic rings. The number of ether oxygens (including phenoxy) is 2. The van der Waals surface area contributed by atoms with E-state index < -0.39 is 0 Å². The van der Waals surface area contributed by atoms with Gasteiger partial charge in [-0.2, -0.15) is 0 Å². The van der Waals surface area contributed by atoms with Crippen LogP contribution in [0.1, 0.15) is 12.0 Å². The van der Waals surface area contributed by atoms with Crippen molar-refractivity contribution >= 4 is 5.91 Å². The summed E-state index contributed by atoms with van der Waals surface area (Å²) in [5.41, 5.74) is 3.39. The Morgan fingerprint density at radius 3 is 2.58 bits per heavy atom. The van der Waals surface area contributed by atoms with Gasteiger partial charge in [0.1, 0.15) is 0 Å². The summed E-state index contributed by atoms with van der Waals surface area (Å²) in [4.78, 5) is 12.5. The minimum Gasteiger partial charge on any atom is -0.384 e. The quantitative estimate of drug-likeness (QED) is 0.870.